The molecule has 0 spiro atoms. The summed E-state index contributed by atoms with van der Waals surface area (Å²) in [7, 11) is 1.57. The molecule has 1 heterocycles. The maximum Gasteiger partial charge on any atom is 0.257 e. The highest BCUT2D eigenvalue weighted by molar-refractivity contribution is 7.80. The number of hydrogen-bond donors (Lipinski definition) is 3. The molecule has 0 aliphatic rings. The maximum atomic E-state index is 12.3. The number of carbonyl (C=O) groups excluding carboxylic acids is 2. The van der Waals surface area contributed by atoms with E-state index in [1.54, 1.807) is 31.4 Å². The predicted molar refractivity (Wildman–Crippen MR) is 120 cm³/mol. The third-order valence-electron chi connectivity index (χ3n) is 3.95. The van der Waals surface area contributed by atoms with Crippen LogP contribution in [0.4, 0.5) is 10.8 Å². The number of nitrogens with zero attached hydrogens (tertiary/aromatic N) is 1. The average molecular weight is 429 g/mol. The monoisotopic (exact) mass is 428 g/mol. The molecule has 0 radical (unpaired) electrons. The smallest absolute Gasteiger partial charge is 0.257 e. The van der Waals surface area contributed by atoms with Crippen LogP contribution in [0.1, 0.15) is 30.1 Å². The normalized spacial score (nSPS) is 10.4. The molecule has 9 heteroatoms. The third-order valence-corrected chi connectivity index (χ3v) is 5.09. The van der Waals surface area contributed by atoms with E-state index in [4.69, 9.17) is 17.0 Å². The van der Waals surface area contributed by atoms with Crippen molar-refractivity contribution < 1.29 is 14.3 Å². The molecule has 0 saturated carbocycles. The van der Waals surface area contributed by atoms with Crippen molar-refractivity contribution in [3.8, 4) is 5.75 Å². The number of amides is 2. The van der Waals surface area contributed by atoms with Gasteiger partial charge in [0.15, 0.2) is 10.2 Å². The van der Waals surface area contributed by atoms with Gasteiger partial charge in [-0.25, -0.2) is 4.98 Å². The van der Waals surface area contributed by atoms with E-state index in [1.807, 2.05) is 25.1 Å². The topological polar surface area (TPSA) is 92.4 Å². The van der Waals surface area contributed by atoms with Crippen LogP contribution in [0, 0.1) is 0 Å². The summed E-state index contributed by atoms with van der Waals surface area (Å²) in [6.45, 7) is 1.95. The van der Waals surface area contributed by atoms with Crippen LogP contribution in [-0.4, -0.2) is 29.0 Å². The van der Waals surface area contributed by atoms with Gasteiger partial charge in [-0.3, -0.25) is 14.9 Å². The lowest BCUT2D eigenvalue weighted by Gasteiger charge is -2.10. The number of carbonyl (C=O) groups is 2. The zero-order valence-corrected chi connectivity index (χ0v) is 17.6. The van der Waals surface area contributed by atoms with Crippen molar-refractivity contribution in [2.75, 3.05) is 17.7 Å². The number of fused-ring (bicyclic) bond motifs is 1. The fraction of sp³-hybridized carbons (Fsp3) is 0.200. The molecule has 0 aliphatic carbocycles. The van der Waals surface area contributed by atoms with Crippen molar-refractivity contribution in [2.24, 2.45) is 0 Å². The van der Waals surface area contributed by atoms with E-state index >= 15 is 0 Å². The minimum absolute atomic E-state index is 0.0488. The number of nitrogens with one attached hydrogen (secondary N) is 3. The molecule has 2 amide bonds. The van der Waals surface area contributed by atoms with Gasteiger partial charge in [-0.15, -0.1) is 0 Å². The molecule has 150 valence electrons. The van der Waals surface area contributed by atoms with Crippen LogP contribution in [0.15, 0.2) is 42.5 Å². The van der Waals surface area contributed by atoms with E-state index in [1.165, 1.54) is 11.3 Å². The fourth-order valence-electron chi connectivity index (χ4n) is 2.54. The largest absolute Gasteiger partial charge is 0.497 e. The van der Waals surface area contributed by atoms with Crippen molar-refractivity contribution in [1.29, 1.82) is 0 Å². The number of rotatable bonds is 6. The van der Waals surface area contributed by atoms with Crippen molar-refractivity contribution in [3.05, 3.63) is 48.0 Å². The number of anilines is 2. The molecular formula is C20H20N4O3S2. The number of aromatic nitrogens is 1. The van der Waals surface area contributed by atoms with Crippen LogP contribution in [0.2, 0.25) is 0 Å². The minimum Gasteiger partial charge on any atom is -0.497 e. The van der Waals surface area contributed by atoms with Gasteiger partial charge in [-0.1, -0.05) is 18.3 Å². The van der Waals surface area contributed by atoms with Crippen molar-refractivity contribution in [2.45, 2.75) is 19.8 Å². The Bertz CT molecular complexity index is 1050. The number of thiazole rings is 1. The SMILES string of the molecule is CCCC(=O)Nc1nc2ccc(NC(=S)NC(=O)c3ccc(OC)cc3)cc2s1. The molecule has 29 heavy (non-hydrogen) atoms. The lowest BCUT2D eigenvalue weighted by Crippen LogP contribution is -2.34. The number of thiocarbonyl (C=S) groups is 1. The van der Waals surface area contributed by atoms with Crippen LogP contribution < -0.4 is 20.7 Å². The molecule has 0 saturated heterocycles. The van der Waals surface area contributed by atoms with Crippen LogP contribution in [-0.2, 0) is 4.79 Å². The highest BCUT2D eigenvalue weighted by Crippen LogP contribution is 2.28. The Morgan fingerprint density at radius 3 is 2.59 bits per heavy atom. The van der Waals surface area contributed by atoms with E-state index in [2.05, 4.69) is 20.9 Å². The van der Waals surface area contributed by atoms with Crippen LogP contribution in [0.25, 0.3) is 10.2 Å². The first-order valence-electron chi connectivity index (χ1n) is 8.95. The second-order valence-corrected chi connectivity index (χ2v) is 7.58. The van der Waals surface area contributed by atoms with Gasteiger partial charge >= 0.3 is 0 Å². The number of ether oxygens (including phenoxy) is 1. The molecule has 7 nitrogen and oxygen atoms in total. The highest BCUT2D eigenvalue weighted by Gasteiger charge is 2.10. The summed E-state index contributed by atoms with van der Waals surface area (Å²) < 4.78 is 5.98. The zero-order chi connectivity index (χ0) is 20.8. The first-order chi connectivity index (χ1) is 14.0. The Labute approximate surface area is 177 Å². The van der Waals surface area contributed by atoms with E-state index in [-0.39, 0.29) is 16.9 Å². The molecule has 2 aromatic carbocycles. The number of benzene rings is 2. The standard InChI is InChI=1S/C20H20N4O3S2/c1-3-4-17(25)23-20-22-15-10-7-13(11-16(15)29-20)21-19(28)24-18(26)12-5-8-14(27-2)9-6-12/h5-11H,3-4H2,1-2H3,(H,22,23,25)(H2,21,24,26,28). The third kappa shape index (κ3) is 5.49. The summed E-state index contributed by atoms with van der Waals surface area (Å²) in [5, 5.41) is 9.19. The molecule has 0 aliphatic heterocycles. The van der Waals surface area contributed by atoms with Crippen molar-refractivity contribution >= 4 is 61.5 Å². The van der Waals surface area contributed by atoms with Gasteiger partial charge < -0.3 is 15.4 Å². The molecule has 0 unspecified atom stereocenters. The lowest BCUT2D eigenvalue weighted by atomic mass is 10.2. The molecule has 0 fully saturated rings. The van der Waals surface area contributed by atoms with Crippen LogP contribution >= 0.6 is 23.6 Å². The van der Waals surface area contributed by atoms with E-state index < -0.39 is 0 Å². The van der Waals surface area contributed by atoms with Gasteiger partial charge in [0.05, 0.1) is 17.3 Å². The predicted octanol–water partition coefficient (Wildman–Crippen LogP) is 4.17. The number of methoxy groups -OCH3 is 1. The van der Waals surface area contributed by atoms with Crippen LogP contribution in [0.3, 0.4) is 0 Å². The van der Waals surface area contributed by atoms with Gasteiger partial charge in [0.25, 0.3) is 5.91 Å². The minimum atomic E-state index is -0.315. The highest BCUT2D eigenvalue weighted by atomic mass is 32.1. The first-order valence-corrected chi connectivity index (χ1v) is 10.2. The van der Waals surface area contributed by atoms with Crippen molar-refractivity contribution in [1.82, 2.24) is 10.3 Å². The molecule has 1 aromatic heterocycles. The van der Waals surface area contributed by atoms with Gasteiger partial charge in [0, 0.05) is 17.7 Å². The molecule has 3 N–H and O–H groups in total. The van der Waals surface area contributed by atoms with Crippen LogP contribution in [0.5, 0.6) is 5.75 Å². The second-order valence-electron chi connectivity index (χ2n) is 6.14. The summed E-state index contributed by atoms with van der Waals surface area (Å²) in [6.07, 6.45) is 1.25. The van der Waals surface area contributed by atoms with Gasteiger partial charge in [-0.05, 0) is 61.1 Å². The summed E-state index contributed by atoms with van der Waals surface area (Å²) >= 11 is 6.62. The Balaban J connectivity index is 1.63. The molecule has 0 atom stereocenters. The molecule has 0 bridgehead atoms. The Hall–Kier alpha value is -3.04. The van der Waals surface area contributed by atoms with E-state index in [9.17, 15) is 9.59 Å². The molecule has 3 aromatic rings. The van der Waals surface area contributed by atoms with E-state index in [0.29, 0.717) is 28.6 Å². The Kier molecular flexibility index (Phi) is 6.73. The average Bonchev–Trinajstić information content (AvgIpc) is 3.09. The molecule has 3 rings (SSSR count). The summed E-state index contributed by atoms with van der Waals surface area (Å²) in [5.74, 6) is 0.308. The van der Waals surface area contributed by atoms with Gasteiger partial charge in [0.2, 0.25) is 5.91 Å². The summed E-state index contributed by atoms with van der Waals surface area (Å²) in [5.41, 5.74) is 1.97. The van der Waals surface area contributed by atoms with E-state index in [0.717, 1.165) is 16.6 Å². The fourth-order valence-corrected chi connectivity index (χ4v) is 3.68. The first kappa shape index (κ1) is 20.7. The van der Waals surface area contributed by atoms with Crippen molar-refractivity contribution in [3.63, 3.8) is 0 Å². The quantitative estimate of drug-likeness (QED) is 0.511. The van der Waals surface area contributed by atoms with Gasteiger partial charge in [-0.2, -0.15) is 0 Å². The second kappa shape index (κ2) is 9.44. The molecular weight excluding hydrogens is 408 g/mol. The Morgan fingerprint density at radius 1 is 1.14 bits per heavy atom. The zero-order valence-electron chi connectivity index (χ0n) is 15.9. The maximum absolute atomic E-state index is 12.3. The van der Waals surface area contributed by atoms with Gasteiger partial charge in [0.1, 0.15) is 5.75 Å². The summed E-state index contributed by atoms with van der Waals surface area (Å²) in [6, 6.07) is 12.3. The lowest BCUT2D eigenvalue weighted by molar-refractivity contribution is -0.116. The Morgan fingerprint density at radius 2 is 1.90 bits per heavy atom. The number of hydrogen-bond acceptors (Lipinski definition) is 6. The summed E-state index contributed by atoms with van der Waals surface area (Å²) in [4.78, 5) is 28.4.